The lowest BCUT2D eigenvalue weighted by Gasteiger charge is -2.26. The molecule has 0 radical (unpaired) electrons. The van der Waals surface area contributed by atoms with Crippen molar-refractivity contribution in [3.05, 3.63) is 23.1 Å². The number of halogens is 1. The highest BCUT2D eigenvalue weighted by Crippen LogP contribution is 2.45. The van der Waals surface area contributed by atoms with Crippen LogP contribution in [0.5, 0.6) is 0 Å². The molecule has 0 atom stereocenters. The quantitative estimate of drug-likeness (QED) is 0.600. The summed E-state index contributed by atoms with van der Waals surface area (Å²) in [6.07, 6.45) is 8.65. The summed E-state index contributed by atoms with van der Waals surface area (Å²) in [7, 11) is 0. The first-order valence-electron chi connectivity index (χ1n) is 6.39. The van der Waals surface area contributed by atoms with E-state index in [0.29, 0.717) is 6.04 Å². The van der Waals surface area contributed by atoms with Gasteiger partial charge in [-0.1, -0.05) is 0 Å². The number of ether oxygens (including phenoxy) is 1. The van der Waals surface area contributed by atoms with E-state index in [0.717, 1.165) is 22.1 Å². The van der Waals surface area contributed by atoms with Gasteiger partial charge in [0.1, 0.15) is 10.1 Å². The van der Waals surface area contributed by atoms with Crippen LogP contribution in [0.15, 0.2) is 23.1 Å². The molecule has 18 heavy (non-hydrogen) atoms. The maximum absolute atomic E-state index is 5.55. The standard InChI is InChI=1S/C13H14BrN3O/c14-12-5-9-7-17(16-11(9)6-15-12)10-1-3-13(4-2-10)8-18-13/h5-7,10H,1-4,8H2. The van der Waals surface area contributed by atoms with Crippen LogP contribution >= 0.6 is 15.9 Å². The Bertz CT molecular complexity index is 595. The molecule has 2 aromatic rings. The van der Waals surface area contributed by atoms with E-state index >= 15 is 0 Å². The van der Waals surface area contributed by atoms with E-state index in [-0.39, 0.29) is 5.60 Å². The van der Waals surface area contributed by atoms with Crippen molar-refractivity contribution in [3.8, 4) is 0 Å². The normalized spacial score (nSPS) is 31.1. The van der Waals surface area contributed by atoms with Gasteiger partial charge >= 0.3 is 0 Å². The molecule has 0 unspecified atom stereocenters. The van der Waals surface area contributed by atoms with Gasteiger partial charge in [0.25, 0.3) is 0 Å². The van der Waals surface area contributed by atoms with Crippen LogP contribution in [-0.4, -0.2) is 27.0 Å². The highest BCUT2D eigenvalue weighted by molar-refractivity contribution is 9.10. The van der Waals surface area contributed by atoms with Crippen LogP contribution in [0.25, 0.3) is 10.9 Å². The number of hydrogen-bond acceptors (Lipinski definition) is 3. The van der Waals surface area contributed by atoms with Crippen molar-refractivity contribution in [2.24, 2.45) is 0 Å². The smallest absolute Gasteiger partial charge is 0.111 e. The predicted octanol–water partition coefficient (Wildman–Crippen LogP) is 3.08. The summed E-state index contributed by atoms with van der Waals surface area (Å²) in [4.78, 5) is 4.22. The minimum atomic E-state index is 0.258. The SMILES string of the molecule is Brc1cc2cn(C3CCC4(CC3)CO4)nc2cn1. The Morgan fingerprint density at radius 3 is 2.89 bits per heavy atom. The van der Waals surface area contributed by atoms with Gasteiger partial charge in [0.15, 0.2) is 0 Å². The van der Waals surface area contributed by atoms with Crippen LogP contribution in [0.2, 0.25) is 0 Å². The average Bonchev–Trinajstić information content (AvgIpc) is 2.99. The van der Waals surface area contributed by atoms with Crippen molar-refractivity contribution < 1.29 is 4.74 Å². The fourth-order valence-electron chi connectivity index (χ4n) is 2.89. The monoisotopic (exact) mass is 307 g/mol. The highest BCUT2D eigenvalue weighted by atomic mass is 79.9. The third-order valence-electron chi connectivity index (χ3n) is 4.17. The molecule has 3 heterocycles. The second kappa shape index (κ2) is 3.78. The van der Waals surface area contributed by atoms with Gasteiger partial charge in [-0.05, 0) is 47.7 Å². The fraction of sp³-hybridized carbons (Fsp3) is 0.538. The molecule has 2 aliphatic rings. The first-order valence-corrected chi connectivity index (χ1v) is 7.18. The molecule has 4 rings (SSSR count). The first kappa shape index (κ1) is 10.9. The van der Waals surface area contributed by atoms with E-state index in [2.05, 4.69) is 36.9 Å². The molecule has 0 N–H and O–H groups in total. The molecular formula is C13H14BrN3O. The van der Waals surface area contributed by atoms with Gasteiger partial charge in [-0.3, -0.25) is 4.68 Å². The lowest BCUT2D eigenvalue weighted by molar-refractivity contribution is 0.194. The Morgan fingerprint density at radius 2 is 2.17 bits per heavy atom. The molecule has 1 aliphatic carbocycles. The molecule has 1 spiro atoms. The minimum absolute atomic E-state index is 0.258. The Balaban J connectivity index is 1.62. The zero-order valence-corrected chi connectivity index (χ0v) is 11.6. The third-order valence-corrected chi connectivity index (χ3v) is 4.60. The van der Waals surface area contributed by atoms with Gasteiger partial charge in [-0.15, -0.1) is 0 Å². The highest BCUT2D eigenvalue weighted by Gasteiger charge is 2.47. The number of pyridine rings is 1. The van der Waals surface area contributed by atoms with Gasteiger partial charge in [-0.2, -0.15) is 5.10 Å². The fourth-order valence-corrected chi connectivity index (χ4v) is 3.24. The Hall–Kier alpha value is -0.940. The summed E-state index contributed by atoms with van der Waals surface area (Å²) in [5.74, 6) is 0. The van der Waals surface area contributed by atoms with E-state index in [1.807, 2.05) is 12.3 Å². The molecule has 5 heteroatoms. The summed E-state index contributed by atoms with van der Waals surface area (Å²) in [5, 5.41) is 5.79. The van der Waals surface area contributed by atoms with E-state index in [1.165, 1.54) is 25.7 Å². The van der Waals surface area contributed by atoms with Crippen molar-refractivity contribution in [2.45, 2.75) is 37.3 Å². The van der Waals surface area contributed by atoms with Gasteiger partial charge in [-0.25, -0.2) is 4.98 Å². The Kier molecular flexibility index (Phi) is 2.29. The van der Waals surface area contributed by atoms with Gasteiger partial charge in [0, 0.05) is 11.6 Å². The molecule has 0 amide bonds. The topological polar surface area (TPSA) is 43.2 Å². The molecule has 2 aromatic heterocycles. The molecule has 4 nitrogen and oxygen atoms in total. The van der Waals surface area contributed by atoms with Gasteiger partial charge < -0.3 is 4.74 Å². The zero-order valence-electron chi connectivity index (χ0n) is 9.97. The molecule has 2 fully saturated rings. The molecule has 1 saturated carbocycles. The Labute approximate surface area is 113 Å². The second-order valence-corrected chi connectivity index (χ2v) is 6.19. The van der Waals surface area contributed by atoms with Crippen molar-refractivity contribution in [3.63, 3.8) is 0 Å². The number of nitrogens with zero attached hydrogens (tertiary/aromatic N) is 3. The number of fused-ring (bicyclic) bond motifs is 1. The van der Waals surface area contributed by atoms with Crippen molar-refractivity contribution >= 4 is 26.8 Å². The van der Waals surface area contributed by atoms with Crippen LogP contribution < -0.4 is 0 Å². The van der Waals surface area contributed by atoms with Crippen LogP contribution in [0.1, 0.15) is 31.7 Å². The Morgan fingerprint density at radius 1 is 1.39 bits per heavy atom. The van der Waals surface area contributed by atoms with Crippen LogP contribution in [0.4, 0.5) is 0 Å². The molecule has 1 aliphatic heterocycles. The summed E-state index contributed by atoms with van der Waals surface area (Å²) in [6, 6.07) is 2.54. The van der Waals surface area contributed by atoms with Crippen molar-refractivity contribution in [1.82, 2.24) is 14.8 Å². The zero-order chi connectivity index (χ0) is 12.2. The predicted molar refractivity (Wildman–Crippen MR) is 71.4 cm³/mol. The maximum Gasteiger partial charge on any atom is 0.111 e. The molecule has 94 valence electrons. The van der Waals surface area contributed by atoms with Crippen LogP contribution in [-0.2, 0) is 4.74 Å². The van der Waals surface area contributed by atoms with E-state index < -0.39 is 0 Å². The number of hydrogen-bond donors (Lipinski definition) is 0. The van der Waals surface area contributed by atoms with Gasteiger partial charge in [0.05, 0.1) is 24.4 Å². The van der Waals surface area contributed by atoms with Crippen molar-refractivity contribution in [1.29, 1.82) is 0 Å². The molecular weight excluding hydrogens is 294 g/mol. The summed E-state index contributed by atoms with van der Waals surface area (Å²) < 4.78 is 8.53. The lowest BCUT2D eigenvalue weighted by Crippen LogP contribution is -2.23. The average molecular weight is 308 g/mol. The molecule has 0 aromatic carbocycles. The first-order chi connectivity index (χ1) is 8.74. The van der Waals surface area contributed by atoms with Crippen LogP contribution in [0, 0.1) is 0 Å². The molecule has 0 bridgehead atoms. The number of aromatic nitrogens is 3. The third kappa shape index (κ3) is 1.77. The number of rotatable bonds is 1. The van der Waals surface area contributed by atoms with E-state index in [4.69, 9.17) is 4.74 Å². The molecule has 1 saturated heterocycles. The van der Waals surface area contributed by atoms with Crippen LogP contribution in [0.3, 0.4) is 0 Å². The van der Waals surface area contributed by atoms with Gasteiger partial charge in [0.2, 0.25) is 0 Å². The summed E-state index contributed by atoms with van der Waals surface area (Å²) in [6.45, 7) is 0.970. The minimum Gasteiger partial charge on any atom is -0.370 e. The summed E-state index contributed by atoms with van der Waals surface area (Å²) in [5.41, 5.74) is 1.23. The van der Waals surface area contributed by atoms with E-state index in [1.54, 1.807) is 0 Å². The lowest BCUT2D eigenvalue weighted by atomic mass is 9.86. The second-order valence-electron chi connectivity index (χ2n) is 5.38. The van der Waals surface area contributed by atoms with Crippen molar-refractivity contribution in [2.75, 3.05) is 6.61 Å². The summed E-state index contributed by atoms with van der Waals surface area (Å²) >= 11 is 3.40. The van der Waals surface area contributed by atoms with E-state index in [9.17, 15) is 0 Å². The maximum atomic E-state index is 5.55. The largest absolute Gasteiger partial charge is 0.370 e. The number of epoxide rings is 1.